The average molecular weight is 366 g/mol. The number of likely N-dealkylation sites (tertiary alicyclic amines) is 1. The number of rotatable bonds is 4. The molecule has 0 bridgehead atoms. The standard InChI is InChI=1S/C15H18N4O3S2/c20-24(21,18-15-16-10-17-23-15)11-3-4-12-13(19-6-1-2-7-19)5-8-22-14(12)9-11/h3-4,9-10,13H,1-2,5-8H2,(H,16,17,18)/t13-/m0/s1. The van der Waals surface area contributed by atoms with Gasteiger partial charge < -0.3 is 4.74 Å². The topological polar surface area (TPSA) is 84.4 Å². The average Bonchev–Trinajstić information content (AvgIpc) is 3.27. The van der Waals surface area contributed by atoms with Crippen molar-refractivity contribution in [1.82, 2.24) is 14.3 Å². The monoisotopic (exact) mass is 366 g/mol. The quantitative estimate of drug-likeness (QED) is 0.893. The maximum Gasteiger partial charge on any atom is 0.263 e. The molecule has 1 atom stereocenters. The maximum atomic E-state index is 12.5. The minimum Gasteiger partial charge on any atom is -0.493 e. The predicted octanol–water partition coefficient (Wildman–Crippen LogP) is 2.26. The Morgan fingerprint density at radius 2 is 2.12 bits per heavy atom. The molecule has 0 spiro atoms. The number of sulfonamides is 1. The van der Waals surface area contributed by atoms with Gasteiger partial charge in [0.15, 0.2) is 0 Å². The molecule has 2 aliphatic heterocycles. The zero-order valence-electron chi connectivity index (χ0n) is 13.0. The van der Waals surface area contributed by atoms with E-state index in [0.29, 0.717) is 18.4 Å². The van der Waals surface area contributed by atoms with Crippen LogP contribution in [0.25, 0.3) is 0 Å². The highest BCUT2D eigenvalue weighted by molar-refractivity contribution is 7.93. The maximum absolute atomic E-state index is 12.5. The molecule has 1 fully saturated rings. The third kappa shape index (κ3) is 2.99. The summed E-state index contributed by atoms with van der Waals surface area (Å²) in [4.78, 5) is 6.50. The van der Waals surface area contributed by atoms with Crippen LogP contribution in [0.3, 0.4) is 0 Å². The molecule has 2 aliphatic rings. The molecule has 3 heterocycles. The van der Waals surface area contributed by atoms with Crippen LogP contribution in [0.15, 0.2) is 29.4 Å². The van der Waals surface area contributed by atoms with Crippen molar-refractivity contribution in [1.29, 1.82) is 0 Å². The Labute approximate surface area is 144 Å². The van der Waals surface area contributed by atoms with Crippen LogP contribution in [0.1, 0.15) is 30.9 Å². The molecule has 7 nitrogen and oxygen atoms in total. The van der Waals surface area contributed by atoms with E-state index in [-0.39, 0.29) is 10.0 Å². The Morgan fingerprint density at radius 1 is 1.29 bits per heavy atom. The van der Waals surface area contributed by atoms with Crippen molar-refractivity contribution in [3.8, 4) is 5.75 Å². The van der Waals surface area contributed by atoms with Gasteiger partial charge in [-0.3, -0.25) is 9.62 Å². The second kappa shape index (κ2) is 6.30. The van der Waals surface area contributed by atoms with Crippen LogP contribution >= 0.6 is 11.5 Å². The molecule has 0 radical (unpaired) electrons. The van der Waals surface area contributed by atoms with Crippen LogP contribution in [0.2, 0.25) is 0 Å². The third-order valence-corrected chi connectivity index (χ3v) is 6.51. The van der Waals surface area contributed by atoms with Gasteiger partial charge in [0, 0.05) is 35.6 Å². The number of aromatic nitrogens is 2. The lowest BCUT2D eigenvalue weighted by atomic mass is 9.99. The summed E-state index contributed by atoms with van der Waals surface area (Å²) in [5, 5.41) is 0.253. The molecule has 1 N–H and O–H groups in total. The van der Waals surface area contributed by atoms with E-state index in [0.717, 1.165) is 36.6 Å². The van der Waals surface area contributed by atoms with E-state index in [4.69, 9.17) is 4.74 Å². The Hall–Kier alpha value is -1.71. The van der Waals surface area contributed by atoms with Gasteiger partial charge in [0.05, 0.1) is 11.5 Å². The number of ether oxygens (including phenoxy) is 1. The minimum atomic E-state index is -3.69. The molecule has 9 heteroatoms. The summed E-state index contributed by atoms with van der Waals surface area (Å²) in [5.41, 5.74) is 1.08. The number of hydrogen-bond acceptors (Lipinski definition) is 7. The molecule has 1 aromatic carbocycles. The highest BCUT2D eigenvalue weighted by Gasteiger charge is 2.30. The van der Waals surface area contributed by atoms with Crippen molar-refractivity contribution in [2.75, 3.05) is 24.4 Å². The second-order valence-corrected chi connectivity index (χ2v) is 8.41. The van der Waals surface area contributed by atoms with Gasteiger partial charge in [-0.05, 0) is 32.0 Å². The fraction of sp³-hybridized carbons (Fsp3) is 0.467. The van der Waals surface area contributed by atoms with Crippen molar-refractivity contribution in [2.45, 2.75) is 30.2 Å². The van der Waals surface area contributed by atoms with Crippen LogP contribution in [-0.4, -0.2) is 42.4 Å². The second-order valence-electron chi connectivity index (χ2n) is 5.95. The van der Waals surface area contributed by atoms with E-state index < -0.39 is 10.0 Å². The van der Waals surface area contributed by atoms with Crippen LogP contribution in [0, 0.1) is 0 Å². The number of hydrogen-bond donors (Lipinski definition) is 1. The molecule has 0 unspecified atom stereocenters. The van der Waals surface area contributed by atoms with Gasteiger partial charge in [-0.1, -0.05) is 6.07 Å². The molecule has 0 saturated carbocycles. The van der Waals surface area contributed by atoms with Gasteiger partial charge in [-0.25, -0.2) is 13.4 Å². The van der Waals surface area contributed by atoms with Crippen molar-refractivity contribution in [3.05, 3.63) is 30.1 Å². The van der Waals surface area contributed by atoms with Crippen molar-refractivity contribution >= 4 is 26.7 Å². The highest BCUT2D eigenvalue weighted by atomic mass is 32.2. The lowest BCUT2D eigenvalue weighted by Gasteiger charge is -2.33. The summed E-state index contributed by atoms with van der Waals surface area (Å²) in [6.45, 7) is 2.81. The Bertz CT molecular complexity index is 817. The first-order valence-corrected chi connectivity index (χ1v) is 10.2. The van der Waals surface area contributed by atoms with E-state index in [1.165, 1.54) is 19.2 Å². The van der Waals surface area contributed by atoms with Gasteiger partial charge in [-0.2, -0.15) is 4.37 Å². The van der Waals surface area contributed by atoms with E-state index in [2.05, 4.69) is 19.0 Å². The van der Waals surface area contributed by atoms with Crippen LogP contribution < -0.4 is 9.46 Å². The number of benzene rings is 1. The number of anilines is 1. The fourth-order valence-corrected chi connectivity index (χ4v) is 5.02. The summed E-state index contributed by atoms with van der Waals surface area (Å²) in [7, 11) is -3.69. The largest absolute Gasteiger partial charge is 0.493 e. The first-order chi connectivity index (χ1) is 11.6. The Balaban J connectivity index is 1.63. The SMILES string of the molecule is O=S(=O)(Nc1ncns1)c1ccc2c(c1)OCC[C@@H]2N1CCCC1. The van der Waals surface area contributed by atoms with Gasteiger partial charge in [0.1, 0.15) is 12.1 Å². The van der Waals surface area contributed by atoms with E-state index >= 15 is 0 Å². The van der Waals surface area contributed by atoms with Gasteiger partial charge >= 0.3 is 0 Å². The Morgan fingerprint density at radius 3 is 2.88 bits per heavy atom. The molecular weight excluding hydrogens is 348 g/mol. The molecule has 1 saturated heterocycles. The van der Waals surface area contributed by atoms with Crippen LogP contribution in [0.4, 0.5) is 5.13 Å². The van der Waals surface area contributed by atoms with Gasteiger partial charge in [0.25, 0.3) is 10.0 Å². The smallest absolute Gasteiger partial charge is 0.263 e. The molecule has 128 valence electrons. The molecular formula is C15H18N4O3S2. The highest BCUT2D eigenvalue weighted by Crippen LogP contribution is 2.38. The van der Waals surface area contributed by atoms with E-state index in [1.54, 1.807) is 12.1 Å². The fourth-order valence-electron chi connectivity index (χ4n) is 3.34. The molecule has 4 rings (SSSR count). The van der Waals surface area contributed by atoms with Crippen molar-refractivity contribution in [2.24, 2.45) is 0 Å². The zero-order chi connectivity index (χ0) is 16.6. The lowest BCUT2D eigenvalue weighted by Crippen LogP contribution is -2.30. The summed E-state index contributed by atoms with van der Waals surface area (Å²) >= 11 is 1.00. The number of nitrogens with one attached hydrogen (secondary N) is 1. The minimum absolute atomic E-state index is 0.179. The normalized spacial score (nSPS) is 21.2. The first-order valence-electron chi connectivity index (χ1n) is 7.94. The van der Waals surface area contributed by atoms with Crippen molar-refractivity contribution < 1.29 is 13.2 Å². The zero-order valence-corrected chi connectivity index (χ0v) is 14.6. The summed E-state index contributed by atoms with van der Waals surface area (Å²) in [5.74, 6) is 0.665. The lowest BCUT2D eigenvalue weighted by molar-refractivity contribution is 0.165. The van der Waals surface area contributed by atoms with E-state index in [1.807, 2.05) is 6.07 Å². The summed E-state index contributed by atoms with van der Waals surface area (Å²) in [6, 6.07) is 5.46. The van der Waals surface area contributed by atoms with Crippen molar-refractivity contribution in [3.63, 3.8) is 0 Å². The molecule has 1 aromatic heterocycles. The first kappa shape index (κ1) is 15.8. The van der Waals surface area contributed by atoms with Gasteiger partial charge in [0.2, 0.25) is 5.13 Å². The summed E-state index contributed by atoms with van der Waals surface area (Å²) in [6.07, 6.45) is 4.72. The molecule has 24 heavy (non-hydrogen) atoms. The van der Waals surface area contributed by atoms with Crippen LogP contribution in [-0.2, 0) is 10.0 Å². The number of nitrogens with zero attached hydrogens (tertiary/aromatic N) is 3. The summed E-state index contributed by atoms with van der Waals surface area (Å²) < 4.78 is 36.9. The number of fused-ring (bicyclic) bond motifs is 1. The third-order valence-electron chi connectivity index (χ3n) is 4.47. The molecule has 0 amide bonds. The Kier molecular flexibility index (Phi) is 4.15. The molecule has 2 aromatic rings. The predicted molar refractivity (Wildman–Crippen MR) is 90.8 cm³/mol. The van der Waals surface area contributed by atoms with Crippen LogP contribution in [0.5, 0.6) is 5.75 Å². The van der Waals surface area contributed by atoms with E-state index in [9.17, 15) is 8.42 Å². The van der Waals surface area contributed by atoms with Gasteiger partial charge in [-0.15, -0.1) is 0 Å². The molecule has 0 aliphatic carbocycles.